The third-order valence-electron chi connectivity index (χ3n) is 4.98. The van der Waals surface area contributed by atoms with Crippen LogP contribution in [0.3, 0.4) is 0 Å². The number of hydrogen-bond acceptors (Lipinski definition) is 8. The number of nitrogens with zero attached hydrogens (tertiary/aromatic N) is 5. The monoisotopic (exact) mass is 494 g/mol. The number of furan rings is 1. The van der Waals surface area contributed by atoms with E-state index in [1.807, 2.05) is 30.3 Å². The molecule has 0 saturated heterocycles. The molecule has 0 aliphatic carbocycles. The Kier molecular flexibility index (Phi) is 6.75. The number of methoxy groups -OCH3 is 1. The number of carbonyl (C=O) groups excluding carboxylic acids is 1. The van der Waals surface area contributed by atoms with Gasteiger partial charge in [0.05, 0.1) is 24.0 Å². The summed E-state index contributed by atoms with van der Waals surface area (Å²) in [6.45, 7) is 0. The van der Waals surface area contributed by atoms with Gasteiger partial charge in [0, 0.05) is 25.7 Å². The van der Waals surface area contributed by atoms with Crippen molar-refractivity contribution in [2.24, 2.45) is 0 Å². The fraction of sp³-hybridized carbons (Fsp3) is 0.130. The number of tetrazole rings is 1. The molecule has 1 N–H and O–H groups in total. The van der Waals surface area contributed by atoms with Gasteiger partial charge in [-0.3, -0.25) is 4.79 Å². The zero-order valence-corrected chi connectivity index (χ0v) is 19.9. The lowest BCUT2D eigenvalue weighted by molar-refractivity contribution is -0.111. The molecule has 0 radical (unpaired) electrons. The normalized spacial score (nSPS) is 12.1. The highest BCUT2D eigenvalue weighted by Crippen LogP contribution is 2.30. The smallest absolute Gasteiger partial charge is 0.274 e. The second-order valence-electron chi connectivity index (χ2n) is 7.43. The van der Waals surface area contributed by atoms with Crippen LogP contribution in [0.1, 0.15) is 5.76 Å². The van der Waals surface area contributed by atoms with Crippen LogP contribution >= 0.6 is 0 Å². The minimum Gasteiger partial charge on any atom is -0.495 e. The van der Waals surface area contributed by atoms with Crippen molar-refractivity contribution in [1.82, 2.24) is 24.5 Å². The summed E-state index contributed by atoms with van der Waals surface area (Å²) in [4.78, 5) is 13.5. The molecule has 11 nitrogen and oxygen atoms in total. The number of rotatable bonds is 8. The molecule has 0 aliphatic heterocycles. The largest absolute Gasteiger partial charge is 0.495 e. The summed E-state index contributed by atoms with van der Waals surface area (Å²) >= 11 is 0. The molecular weight excluding hydrogens is 472 g/mol. The molecule has 0 fully saturated rings. The van der Waals surface area contributed by atoms with Gasteiger partial charge >= 0.3 is 0 Å². The van der Waals surface area contributed by atoms with Crippen molar-refractivity contribution in [2.75, 3.05) is 26.5 Å². The number of amides is 1. The van der Waals surface area contributed by atoms with E-state index in [9.17, 15) is 13.2 Å². The number of sulfonamides is 1. The second kappa shape index (κ2) is 9.91. The zero-order chi connectivity index (χ0) is 25.0. The van der Waals surface area contributed by atoms with Crippen molar-refractivity contribution in [3.8, 4) is 17.1 Å². The number of benzene rings is 2. The first kappa shape index (κ1) is 23.9. The van der Waals surface area contributed by atoms with E-state index in [1.54, 1.807) is 12.1 Å². The summed E-state index contributed by atoms with van der Waals surface area (Å²) in [5.74, 6) is 0.368. The van der Waals surface area contributed by atoms with Crippen LogP contribution in [0, 0.1) is 0 Å². The molecular formula is C23H22N6O5S. The molecule has 180 valence electrons. The lowest BCUT2D eigenvalue weighted by atomic mass is 10.2. The molecule has 0 aliphatic rings. The van der Waals surface area contributed by atoms with E-state index in [-0.39, 0.29) is 22.0 Å². The molecule has 2 aromatic carbocycles. The zero-order valence-electron chi connectivity index (χ0n) is 19.1. The van der Waals surface area contributed by atoms with Crippen molar-refractivity contribution in [3.63, 3.8) is 0 Å². The van der Waals surface area contributed by atoms with Crippen molar-refractivity contribution < 1.29 is 22.4 Å². The summed E-state index contributed by atoms with van der Waals surface area (Å²) in [6.07, 6.45) is 2.95. The first-order valence-corrected chi connectivity index (χ1v) is 11.8. The van der Waals surface area contributed by atoms with E-state index in [0.29, 0.717) is 17.1 Å². The van der Waals surface area contributed by atoms with Gasteiger partial charge in [0.15, 0.2) is 5.82 Å². The van der Waals surface area contributed by atoms with E-state index < -0.39 is 15.9 Å². The summed E-state index contributed by atoms with van der Waals surface area (Å²) in [5.41, 5.74) is 0.874. The predicted molar refractivity (Wildman–Crippen MR) is 129 cm³/mol. The summed E-state index contributed by atoms with van der Waals surface area (Å²) in [6, 6.07) is 16.7. The fourth-order valence-electron chi connectivity index (χ4n) is 3.19. The Morgan fingerprint density at radius 1 is 1.11 bits per heavy atom. The van der Waals surface area contributed by atoms with Gasteiger partial charge in [-0.2, -0.15) is 4.68 Å². The lowest BCUT2D eigenvalue weighted by Crippen LogP contribution is -2.23. The standard InChI is InChI=1S/C23H22N6O5S/c1-28(2)35(31,32)18-11-12-21(33-3)19(15-18)24-23(30)20(14-17-10-7-13-34-17)29-22(25-26-27-29)16-8-5-4-6-9-16/h4-15H,1-3H3,(H,24,30)/b20-14-. The fourth-order valence-corrected chi connectivity index (χ4v) is 4.12. The molecule has 35 heavy (non-hydrogen) atoms. The third-order valence-corrected chi connectivity index (χ3v) is 6.79. The number of ether oxygens (including phenoxy) is 1. The molecule has 0 bridgehead atoms. The first-order chi connectivity index (χ1) is 16.8. The number of hydrogen-bond donors (Lipinski definition) is 1. The maximum Gasteiger partial charge on any atom is 0.274 e. The summed E-state index contributed by atoms with van der Waals surface area (Å²) < 4.78 is 38.3. The molecule has 0 unspecified atom stereocenters. The minimum atomic E-state index is -3.75. The van der Waals surface area contributed by atoms with Crippen LogP contribution in [0.4, 0.5) is 5.69 Å². The van der Waals surface area contributed by atoms with Crippen LogP contribution in [-0.4, -0.2) is 60.0 Å². The van der Waals surface area contributed by atoms with Crippen molar-refractivity contribution >= 4 is 33.4 Å². The van der Waals surface area contributed by atoms with E-state index >= 15 is 0 Å². The highest BCUT2D eigenvalue weighted by molar-refractivity contribution is 7.89. The Bertz CT molecular complexity index is 1460. The average Bonchev–Trinajstić information content (AvgIpc) is 3.55. The Morgan fingerprint density at radius 2 is 1.89 bits per heavy atom. The van der Waals surface area contributed by atoms with Crippen molar-refractivity contribution in [3.05, 3.63) is 72.7 Å². The number of anilines is 1. The Morgan fingerprint density at radius 3 is 2.54 bits per heavy atom. The average molecular weight is 495 g/mol. The van der Waals surface area contributed by atoms with Gasteiger partial charge in [-0.25, -0.2) is 12.7 Å². The van der Waals surface area contributed by atoms with Crippen LogP contribution < -0.4 is 10.1 Å². The molecule has 12 heteroatoms. The number of carbonyl (C=O) groups is 1. The molecule has 4 rings (SSSR count). The Hall–Kier alpha value is -4.29. The predicted octanol–water partition coefficient (Wildman–Crippen LogP) is 2.83. The number of aromatic nitrogens is 4. The topological polar surface area (TPSA) is 132 Å². The van der Waals surface area contributed by atoms with Gasteiger partial charge in [-0.15, -0.1) is 5.10 Å². The van der Waals surface area contributed by atoms with E-state index in [4.69, 9.17) is 9.15 Å². The van der Waals surface area contributed by atoms with E-state index in [0.717, 1.165) is 4.31 Å². The summed E-state index contributed by atoms with van der Waals surface area (Å²) in [7, 11) is 0.511. The molecule has 0 spiro atoms. The van der Waals surface area contributed by atoms with Gasteiger partial charge in [-0.1, -0.05) is 30.3 Å². The highest BCUT2D eigenvalue weighted by Gasteiger charge is 2.23. The highest BCUT2D eigenvalue weighted by atomic mass is 32.2. The molecule has 0 saturated carbocycles. The van der Waals surface area contributed by atoms with Crippen LogP contribution in [0.5, 0.6) is 5.75 Å². The van der Waals surface area contributed by atoms with Crippen LogP contribution in [0.25, 0.3) is 23.2 Å². The van der Waals surface area contributed by atoms with Crippen molar-refractivity contribution in [2.45, 2.75) is 4.90 Å². The van der Waals surface area contributed by atoms with Crippen LogP contribution in [0.2, 0.25) is 0 Å². The second-order valence-corrected chi connectivity index (χ2v) is 9.58. The van der Waals surface area contributed by atoms with Gasteiger partial charge in [0.2, 0.25) is 10.0 Å². The van der Waals surface area contributed by atoms with E-state index in [1.165, 1.54) is 56.4 Å². The van der Waals surface area contributed by atoms with Crippen LogP contribution in [-0.2, 0) is 14.8 Å². The van der Waals surface area contributed by atoms with Crippen molar-refractivity contribution in [1.29, 1.82) is 0 Å². The molecule has 0 atom stereocenters. The molecule has 4 aromatic rings. The maximum atomic E-state index is 13.5. The van der Waals surface area contributed by atoms with Gasteiger partial charge < -0.3 is 14.5 Å². The first-order valence-electron chi connectivity index (χ1n) is 10.3. The maximum absolute atomic E-state index is 13.5. The molecule has 1 amide bonds. The minimum absolute atomic E-state index is 0.0115. The third kappa shape index (κ3) is 4.98. The number of nitrogens with one attached hydrogen (secondary N) is 1. The van der Waals surface area contributed by atoms with Crippen LogP contribution in [0.15, 0.2) is 76.2 Å². The summed E-state index contributed by atoms with van der Waals surface area (Å²) in [5, 5.41) is 14.5. The Balaban J connectivity index is 1.78. The molecule has 2 heterocycles. The lowest BCUT2D eigenvalue weighted by Gasteiger charge is -2.16. The Labute approximate surface area is 201 Å². The van der Waals surface area contributed by atoms with Gasteiger partial charge in [0.1, 0.15) is 17.2 Å². The van der Waals surface area contributed by atoms with Gasteiger partial charge in [0.25, 0.3) is 5.91 Å². The van der Waals surface area contributed by atoms with E-state index in [2.05, 4.69) is 20.8 Å². The SMILES string of the molecule is COc1ccc(S(=O)(=O)N(C)C)cc1NC(=O)/C(=C/c1ccco1)n1nnnc1-c1ccccc1. The molecule has 2 aromatic heterocycles. The quantitative estimate of drug-likeness (QED) is 0.370. The van der Waals surface area contributed by atoms with Gasteiger partial charge in [-0.05, 0) is 40.8 Å².